The molecule has 0 saturated carbocycles. The molecule has 1 radical (unpaired) electrons. The number of methoxy groups -OCH3 is 1. The van der Waals surface area contributed by atoms with Gasteiger partial charge in [0.15, 0.2) is 6.79 Å². The lowest BCUT2D eigenvalue weighted by atomic mass is 10.2. The lowest BCUT2D eigenvalue weighted by Gasteiger charge is -2.08. The van der Waals surface area contributed by atoms with E-state index in [2.05, 4.69) is 6.07 Å². The summed E-state index contributed by atoms with van der Waals surface area (Å²) in [7, 11) is 1.56. The van der Waals surface area contributed by atoms with Gasteiger partial charge >= 0.3 is 0 Å². The highest BCUT2D eigenvalue weighted by atomic mass is 19.1. The van der Waals surface area contributed by atoms with E-state index in [0.717, 1.165) is 5.56 Å². The Balaban J connectivity index is 1.87. The highest BCUT2D eigenvalue weighted by Crippen LogP contribution is 2.18. The first-order valence-electron chi connectivity index (χ1n) is 5.78. The number of hydrogen-bond donors (Lipinski definition) is 0. The fraction of sp³-hybridized carbons (Fsp3) is 0.200. The van der Waals surface area contributed by atoms with E-state index < -0.39 is 0 Å². The van der Waals surface area contributed by atoms with Gasteiger partial charge in [-0.05, 0) is 35.9 Å². The summed E-state index contributed by atoms with van der Waals surface area (Å²) in [6.07, 6.45) is 0. The summed E-state index contributed by atoms with van der Waals surface area (Å²) in [5.74, 6) is 1.02. The van der Waals surface area contributed by atoms with Crippen molar-refractivity contribution in [3.8, 4) is 11.5 Å². The Morgan fingerprint density at radius 1 is 1.05 bits per heavy atom. The third-order valence-electron chi connectivity index (χ3n) is 2.41. The molecule has 0 N–H and O–H groups in total. The van der Waals surface area contributed by atoms with Gasteiger partial charge in [-0.2, -0.15) is 0 Å². The molecule has 99 valence electrons. The molecule has 0 spiro atoms. The van der Waals surface area contributed by atoms with Crippen molar-refractivity contribution >= 4 is 0 Å². The van der Waals surface area contributed by atoms with Crippen molar-refractivity contribution in [3.63, 3.8) is 0 Å². The zero-order valence-electron chi connectivity index (χ0n) is 10.6. The van der Waals surface area contributed by atoms with Gasteiger partial charge in [0.05, 0.1) is 0 Å². The van der Waals surface area contributed by atoms with Crippen molar-refractivity contribution in [2.24, 2.45) is 0 Å². The van der Waals surface area contributed by atoms with Crippen LogP contribution in [0.3, 0.4) is 0 Å². The van der Waals surface area contributed by atoms with Crippen LogP contribution in [-0.2, 0) is 11.3 Å². The third-order valence-corrected chi connectivity index (χ3v) is 2.41. The highest BCUT2D eigenvalue weighted by molar-refractivity contribution is 5.30. The van der Waals surface area contributed by atoms with Crippen molar-refractivity contribution < 1.29 is 18.6 Å². The molecule has 0 aliphatic rings. The van der Waals surface area contributed by atoms with E-state index in [9.17, 15) is 4.39 Å². The molecule has 0 amide bonds. The van der Waals surface area contributed by atoms with E-state index in [1.807, 2.05) is 0 Å². The molecule has 0 aliphatic carbocycles. The van der Waals surface area contributed by atoms with Crippen molar-refractivity contribution in [1.29, 1.82) is 0 Å². The third kappa shape index (κ3) is 4.26. The number of halogens is 1. The Bertz CT molecular complexity index is 494. The van der Waals surface area contributed by atoms with Crippen LogP contribution in [0.15, 0.2) is 42.5 Å². The highest BCUT2D eigenvalue weighted by Gasteiger charge is 1.98. The first kappa shape index (κ1) is 13.4. The van der Waals surface area contributed by atoms with Crippen LogP contribution >= 0.6 is 0 Å². The predicted octanol–water partition coefficient (Wildman–Crippen LogP) is 3.19. The monoisotopic (exact) mass is 261 g/mol. The van der Waals surface area contributed by atoms with Gasteiger partial charge in [-0.1, -0.05) is 12.1 Å². The maximum absolute atomic E-state index is 12.7. The normalized spacial score (nSPS) is 10.2. The van der Waals surface area contributed by atoms with Gasteiger partial charge in [0.25, 0.3) is 0 Å². The zero-order chi connectivity index (χ0) is 13.5. The van der Waals surface area contributed by atoms with E-state index in [1.165, 1.54) is 12.1 Å². The van der Waals surface area contributed by atoms with Crippen LogP contribution in [0.1, 0.15) is 5.56 Å². The Morgan fingerprint density at radius 3 is 2.47 bits per heavy atom. The second kappa shape index (κ2) is 6.75. The van der Waals surface area contributed by atoms with Crippen LogP contribution in [0.4, 0.5) is 4.39 Å². The minimum absolute atomic E-state index is 0.187. The topological polar surface area (TPSA) is 27.7 Å². The van der Waals surface area contributed by atoms with Crippen LogP contribution in [0.2, 0.25) is 0 Å². The summed E-state index contributed by atoms with van der Waals surface area (Å²) < 4.78 is 28.3. The SMILES string of the molecule is COCOc1[c]cc(OCc2ccc(F)cc2)cc1. The summed E-state index contributed by atoms with van der Waals surface area (Å²) in [5.41, 5.74) is 0.904. The summed E-state index contributed by atoms with van der Waals surface area (Å²) in [5, 5.41) is 0. The number of rotatable bonds is 6. The fourth-order valence-corrected chi connectivity index (χ4v) is 1.45. The van der Waals surface area contributed by atoms with Gasteiger partial charge < -0.3 is 14.2 Å². The van der Waals surface area contributed by atoms with Crippen LogP contribution in [0.25, 0.3) is 0 Å². The van der Waals surface area contributed by atoms with Gasteiger partial charge in [0.1, 0.15) is 23.9 Å². The molecule has 0 fully saturated rings. The molecule has 3 nitrogen and oxygen atoms in total. The van der Waals surface area contributed by atoms with Crippen LogP contribution in [0.5, 0.6) is 11.5 Å². The molecule has 4 heteroatoms. The average molecular weight is 261 g/mol. The predicted molar refractivity (Wildman–Crippen MR) is 68.5 cm³/mol. The largest absolute Gasteiger partial charge is 0.489 e. The van der Waals surface area contributed by atoms with Crippen molar-refractivity contribution in [2.45, 2.75) is 6.61 Å². The molecule has 0 heterocycles. The maximum atomic E-state index is 12.7. The summed E-state index contributed by atoms with van der Waals surface area (Å²) in [6, 6.07) is 14.3. The van der Waals surface area contributed by atoms with E-state index in [-0.39, 0.29) is 12.6 Å². The summed E-state index contributed by atoms with van der Waals surface area (Å²) in [6.45, 7) is 0.568. The molecule has 0 atom stereocenters. The maximum Gasteiger partial charge on any atom is 0.188 e. The Morgan fingerprint density at radius 2 is 1.84 bits per heavy atom. The molecule has 0 unspecified atom stereocenters. The number of benzene rings is 2. The van der Waals surface area contributed by atoms with E-state index in [1.54, 1.807) is 37.4 Å². The molecular weight excluding hydrogens is 247 g/mol. The van der Waals surface area contributed by atoms with Crippen LogP contribution in [0, 0.1) is 11.9 Å². The first-order chi connectivity index (χ1) is 9.28. The molecule has 0 bridgehead atoms. The Hall–Kier alpha value is -2.07. The van der Waals surface area contributed by atoms with E-state index >= 15 is 0 Å². The first-order valence-corrected chi connectivity index (χ1v) is 5.78. The average Bonchev–Trinajstić information content (AvgIpc) is 2.46. The van der Waals surface area contributed by atoms with Crippen molar-refractivity contribution in [2.75, 3.05) is 13.9 Å². The minimum atomic E-state index is -0.253. The second-order valence-corrected chi connectivity index (χ2v) is 3.85. The molecule has 19 heavy (non-hydrogen) atoms. The van der Waals surface area contributed by atoms with Gasteiger partial charge in [0, 0.05) is 13.2 Å². The Kier molecular flexibility index (Phi) is 4.75. The van der Waals surface area contributed by atoms with Gasteiger partial charge in [-0.15, -0.1) is 0 Å². The molecule has 2 aromatic carbocycles. The van der Waals surface area contributed by atoms with Gasteiger partial charge in [0.2, 0.25) is 0 Å². The lowest BCUT2D eigenvalue weighted by molar-refractivity contribution is 0.0509. The number of ether oxygens (including phenoxy) is 3. The summed E-state index contributed by atoms with van der Waals surface area (Å²) in [4.78, 5) is 0. The number of hydrogen-bond acceptors (Lipinski definition) is 3. The van der Waals surface area contributed by atoms with Crippen molar-refractivity contribution in [1.82, 2.24) is 0 Å². The standard InChI is InChI=1S/C15H14FO3/c1-17-11-19-15-8-6-14(7-9-15)18-10-12-2-4-13(16)5-3-12/h2-8H,10-11H2,1H3. The van der Waals surface area contributed by atoms with Gasteiger partial charge in [-0.25, -0.2) is 4.39 Å². The molecule has 0 aromatic heterocycles. The van der Waals surface area contributed by atoms with Crippen LogP contribution < -0.4 is 9.47 Å². The van der Waals surface area contributed by atoms with Crippen LogP contribution in [-0.4, -0.2) is 13.9 Å². The molecule has 0 aliphatic heterocycles. The fourth-order valence-electron chi connectivity index (χ4n) is 1.45. The molecule has 2 rings (SSSR count). The van der Waals surface area contributed by atoms with Gasteiger partial charge in [-0.3, -0.25) is 0 Å². The molecule has 0 saturated heterocycles. The van der Waals surface area contributed by atoms with Crippen molar-refractivity contribution in [3.05, 3.63) is 59.9 Å². The quantitative estimate of drug-likeness (QED) is 0.747. The summed E-state index contributed by atoms with van der Waals surface area (Å²) >= 11 is 0. The smallest absolute Gasteiger partial charge is 0.188 e. The molecular formula is C15H14FO3. The second-order valence-electron chi connectivity index (χ2n) is 3.85. The zero-order valence-corrected chi connectivity index (χ0v) is 10.6. The lowest BCUT2D eigenvalue weighted by Crippen LogP contribution is -1.99. The van der Waals surface area contributed by atoms with E-state index in [0.29, 0.717) is 18.1 Å². The van der Waals surface area contributed by atoms with E-state index in [4.69, 9.17) is 14.2 Å². The Labute approximate surface area is 111 Å². The molecule has 2 aromatic rings. The minimum Gasteiger partial charge on any atom is -0.489 e.